The van der Waals surface area contributed by atoms with Gasteiger partial charge in [0.05, 0.1) is 6.10 Å². The van der Waals surface area contributed by atoms with Crippen molar-refractivity contribution in [3.63, 3.8) is 0 Å². The fraction of sp³-hybridized carbons (Fsp3) is 0.600. The van der Waals surface area contributed by atoms with Gasteiger partial charge in [0.1, 0.15) is 5.82 Å². The lowest BCUT2D eigenvalue weighted by Crippen LogP contribution is -2.45. The Kier molecular flexibility index (Phi) is 4.72. The molecule has 18 heavy (non-hydrogen) atoms. The predicted octanol–water partition coefficient (Wildman–Crippen LogP) is 3.17. The molecular formula is C15H22FNO. The zero-order valence-corrected chi connectivity index (χ0v) is 10.9. The molecule has 0 radical (unpaired) electrons. The van der Waals surface area contributed by atoms with Crippen molar-refractivity contribution >= 4 is 0 Å². The third kappa shape index (κ3) is 3.09. The third-order valence-corrected chi connectivity index (χ3v) is 3.76. The van der Waals surface area contributed by atoms with Crippen molar-refractivity contribution in [1.82, 2.24) is 5.32 Å². The average molecular weight is 251 g/mol. The Bertz CT molecular complexity index is 381. The van der Waals surface area contributed by atoms with Crippen LogP contribution in [0.4, 0.5) is 4.39 Å². The molecule has 1 unspecified atom stereocenters. The summed E-state index contributed by atoms with van der Waals surface area (Å²) < 4.78 is 13.7. The van der Waals surface area contributed by atoms with E-state index in [1.165, 1.54) is 6.07 Å². The van der Waals surface area contributed by atoms with Crippen LogP contribution < -0.4 is 5.32 Å². The summed E-state index contributed by atoms with van der Waals surface area (Å²) in [4.78, 5) is 0. The highest BCUT2D eigenvalue weighted by Crippen LogP contribution is 2.27. The molecule has 0 amide bonds. The quantitative estimate of drug-likeness (QED) is 0.861. The van der Waals surface area contributed by atoms with Gasteiger partial charge in [0, 0.05) is 17.6 Å². The Morgan fingerprint density at radius 2 is 2.17 bits per heavy atom. The Morgan fingerprint density at radius 3 is 2.89 bits per heavy atom. The molecule has 0 saturated carbocycles. The lowest BCUT2D eigenvalue weighted by atomic mass is 9.90. The molecule has 1 aromatic carbocycles. The normalized spacial score (nSPS) is 25.9. The van der Waals surface area contributed by atoms with Gasteiger partial charge in [-0.15, -0.1) is 0 Å². The van der Waals surface area contributed by atoms with Gasteiger partial charge >= 0.3 is 0 Å². The van der Waals surface area contributed by atoms with Gasteiger partial charge in [0.2, 0.25) is 0 Å². The van der Waals surface area contributed by atoms with Crippen LogP contribution in [0.3, 0.4) is 0 Å². The van der Waals surface area contributed by atoms with Crippen LogP contribution in [-0.4, -0.2) is 17.2 Å². The van der Waals surface area contributed by atoms with Gasteiger partial charge in [-0.2, -0.15) is 0 Å². The maximum absolute atomic E-state index is 13.7. The second-order valence-corrected chi connectivity index (χ2v) is 5.16. The fourth-order valence-electron chi connectivity index (χ4n) is 2.81. The van der Waals surface area contributed by atoms with Crippen molar-refractivity contribution in [2.24, 2.45) is 0 Å². The standard InChI is InChI=1S/C15H22FNO/c1-2-6-11-7-5-10-14(17-11)15(18)12-8-3-4-9-13(12)16/h3-4,8-9,11,14-15,17-18H,2,5-7,10H2,1H3/t11-,14+,15?/m0/s1. The molecule has 1 aliphatic heterocycles. The van der Waals surface area contributed by atoms with E-state index in [2.05, 4.69) is 12.2 Å². The van der Waals surface area contributed by atoms with Gasteiger partial charge in [-0.1, -0.05) is 38.0 Å². The number of aliphatic hydroxyl groups excluding tert-OH is 1. The maximum atomic E-state index is 13.7. The van der Waals surface area contributed by atoms with E-state index in [0.29, 0.717) is 11.6 Å². The van der Waals surface area contributed by atoms with Gasteiger partial charge in [0.25, 0.3) is 0 Å². The first-order valence-corrected chi connectivity index (χ1v) is 6.91. The Balaban J connectivity index is 2.04. The molecule has 3 heteroatoms. The smallest absolute Gasteiger partial charge is 0.129 e. The van der Waals surface area contributed by atoms with E-state index in [9.17, 15) is 9.50 Å². The summed E-state index contributed by atoms with van der Waals surface area (Å²) in [6.07, 6.45) is 4.70. The number of rotatable bonds is 4. The lowest BCUT2D eigenvalue weighted by Gasteiger charge is -2.34. The Hall–Kier alpha value is -0.930. The van der Waals surface area contributed by atoms with Gasteiger partial charge in [0.15, 0.2) is 0 Å². The highest BCUT2D eigenvalue weighted by molar-refractivity contribution is 5.21. The number of benzene rings is 1. The molecular weight excluding hydrogens is 229 g/mol. The topological polar surface area (TPSA) is 32.3 Å². The molecule has 2 N–H and O–H groups in total. The van der Waals surface area contributed by atoms with Crippen LogP contribution in [0.1, 0.15) is 50.7 Å². The van der Waals surface area contributed by atoms with Crippen molar-refractivity contribution in [3.8, 4) is 0 Å². The molecule has 0 aliphatic carbocycles. The summed E-state index contributed by atoms with van der Waals surface area (Å²) in [7, 11) is 0. The minimum absolute atomic E-state index is 0.0211. The molecule has 3 atom stereocenters. The van der Waals surface area contributed by atoms with Crippen molar-refractivity contribution in [3.05, 3.63) is 35.6 Å². The van der Waals surface area contributed by atoms with Crippen molar-refractivity contribution in [2.75, 3.05) is 0 Å². The number of hydrogen-bond acceptors (Lipinski definition) is 2. The minimum atomic E-state index is -0.745. The molecule has 1 saturated heterocycles. The summed E-state index contributed by atoms with van der Waals surface area (Å²) >= 11 is 0. The number of hydrogen-bond donors (Lipinski definition) is 2. The first kappa shape index (κ1) is 13.5. The SMILES string of the molecule is CCC[C@H]1CCC[C@H](C(O)c2ccccc2F)N1. The molecule has 1 aliphatic rings. The zero-order valence-electron chi connectivity index (χ0n) is 10.9. The highest BCUT2D eigenvalue weighted by atomic mass is 19.1. The molecule has 1 fully saturated rings. The number of halogens is 1. The van der Waals surface area contributed by atoms with Crippen molar-refractivity contribution in [1.29, 1.82) is 0 Å². The Labute approximate surface area is 108 Å². The molecule has 0 aromatic heterocycles. The van der Waals surface area contributed by atoms with Crippen LogP contribution in [0.5, 0.6) is 0 Å². The fourth-order valence-corrected chi connectivity index (χ4v) is 2.81. The van der Waals surface area contributed by atoms with Crippen molar-refractivity contribution in [2.45, 2.75) is 57.2 Å². The van der Waals surface area contributed by atoms with E-state index in [4.69, 9.17) is 0 Å². The first-order chi connectivity index (χ1) is 8.72. The molecule has 2 rings (SSSR count). The first-order valence-electron chi connectivity index (χ1n) is 6.91. The van der Waals surface area contributed by atoms with Crippen LogP contribution in [0.2, 0.25) is 0 Å². The van der Waals surface area contributed by atoms with E-state index in [-0.39, 0.29) is 11.9 Å². The number of aliphatic hydroxyl groups is 1. The molecule has 100 valence electrons. The van der Waals surface area contributed by atoms with Gasteiger partial charge in [-0.05, 0) is 25.3 Å². The van der Waals surface area contributed by atoms with Crippen molar-refractivity contribution < 1.29 is 9.50 Å². The highest BCUT2D eigenvalue weighted by Gasteiger charge is 2.28. The monoisotopic (exact) mass is 251 g/mol. The molecule has 0 bridgehead atoms. The lowest BCUT2D eigenvalue weighted by molar-refractivity contribution is 0.0966. The van der Waals surface area contributed by atoms with E-state index in [0.717, 1.165) is 32.1 Å². The summed E-state index contributed by atoms with van der Waals surface area (Å²) in [5.41, 5.74) is 0.409. The molecule has 1 heterocycles. The second-order valence-electron chi connectivity index (χ2n) is 5.16. The van der Waals surface area contributed by atoms with Crippen LogP contribution in [-0.2, 0) is 0 Å². The number of nitrogens with one attached hydrogen (secondary N) is 1. The van der Waals surface area contributed by atoms with Crippen LogP contribution in [0.15, 0.2) is 24.3 Å². The van der Waals surface area contributed by atoms with E-state index >= 15 is 0 Å². The Morgan fingerprint density at radius 1 is 1.39 bits per heavy atom. The van der Waals surface area contributed by atoms with Gasteiger partial charge in [-0.3, -0.25) is 0 Å². The van der Waals surface area contributed by atoms with E-state index < -0.39 is 6.10 Å². The van der Waals surface area contributed by atoms with Crippen LogP contribution >= 0.6 is 0 Å². The predicted molar refractivity (Wildman–Crippen MR) is 70.8 cm³/mol. The minimum Gasteiger partial charge on any atom is -0.387 e. The largest absolute Gasteiger partial charge is 0.387 e. The molecule has 1 aromatic rings. The molecule has 2 nitrogen and oxygen atoms in total. The summed E-state index contributed by atoms with van der Waals surface area (Å²) in [6, 6.07) is 6.95. The molecule has 0 spiro atoms. The van der Waals surface area contributed by atoms with Crippen LogP contribution in [0.25, 0.3) is 0 Å². The van der Waals surface area contributed by atoms with E-state index in [1.807, 2.05) is 0 Å². The zero-order chi connectivity index (χ0) is 13.0. The van der Waals surface area contributed by atoms with Crippen LogP contribution in [0, 0.1) is 5.82 Å². The summed E-state index contributed by atoms with van der Waals surface area (Å²) in [5.74, 6) is -0.315. The van der Waals surface area contributed by atoms with Gasteiger partial charge < -0.3 is 10.4 Å². The summed E-state index contributed by atoms with van der Waals surface area (Å²) in [6.45, 7) is 2.17. The summed E-state index contributed by atoms with van der Waals surface area (Å²) in [5, 5.41) is 13.8. The second kappa shape index (κ2) is 6.30. The average Bonchev–Trinajstić information content (AvgIpc) is 2.39. The van der Waals surface area contributed by atoms with E-state index in [1.54, 1.807) is 18.2 Å². The van der Waals surface area contributed by atoms with Gasteiger partial charge in [-0.25, -0.2) is 4.39 Å². The third-order valence-electron chi connectivity index (χ3n) is 3.76. The number of piperidine rings is 1. The maximum Gasteiger partial charge on any atom is 0.129 e.